The molecule has 15 heavy (non-hydrogen) atoms. The van der Waals surface area contributed by atoms with Crippen LogP contribution in [0, 0.1) is 17.7 Å². The van der Waals surface area contributed by atoms with Crippen LogP contribution in [0.3, 0.4) is 0 Å². The predicted molar refractivity (Wildman–Crippen MR) is 51.5 cm³/mol. The van der Waals surface area contributed by atoms with Gasteiger partial charge in [0.05, 0.1) is 6.61 Å². The summed E-state index contributed by atoms with van der Waals surface area (Å²) in [5.74, 6) is 3.34. The molecule has 0 unspecified atom stereocenters. The highest BCUT2D eigenvalue weighted by Gasteiger charge is 2.00. The summed E-state index contributed by atoms with van der Waals surface area (Å²) in [6.07, 6.45) is -0.274. The number of benzene rings is 1. The minimum Gasteiger partial charge on any atom is -0.481 e. The van der Waals surface area contributed by atoms with Gasteiger partial charge in [-0.25, -0.2) is 4.39 Å². The average molecular weight is 208 g/mol. The Kier molecular flexibility index (Phi) is 3.83. The third kappa shape index (κ3) is 3.41. The molecule has 0 saturated carbocycles. The van der Waals surface area contributed by atoms with Crippen LogP contribution in [-0.4, -0.2) is 16.2 Å². The molecule has 0 aliphatic heterocycles. The van der Waals surface area contributed by atoms with Gasteiger partial charge in [-0.1, -0.05) is 17.9 Å². The molecule has 78 valence electrons. The molecule has 0 heterocycles. The molecule has 0 aliphatic rings. The number of aliphatic hydroxyl groups excluding tert-OH is 1. The van der Waals surface area contributed by atoms with E-state index in [9.17, 15) is 9.18 Å². The Bertz CT molecular complexity index is 429. The molecule has 3 nitrogen and oxygen atoms in total. The van der Waals surface area contributed by atoms with Crippen molar-refractivity contribution in [2.75, 3.05) is 0 Å². The minimum atomic E-state index is -1.02. The van der Waals surface area contributed by atoms with E-state index in [1.54, 1.807) is 0 Å². The summed E-state index contributed by atoms with van der Waals surface area (Å²) in [6, 6.07) is 4.12. The number of aliphatic carboxylic acids is 1. The Morgan fingerprint density at radius 1 is 1.47 bits per heavy atom. The SMILES string of the molecule is O=C(O)CC#Cc1ccc(CO)c(F)c1. The third-order valence-electron chi connectivity index (χ3n) is 1.70. The number of carboxylic acids is 1. The summed E-state index contributed by atoms with van der Waals surface area (Å²) in [5.41, 5.74) is 0.588. The highest BCUT2D eigenvalue weighted by atomic mass is 19.1. The normalized spacial score (nSPS) is 9.20. The summed E-state index contributed by atoms with van der Waals surface area (Å²) in [4.78, 5) is 10.1. The van der Waals surface area contributed by atoms with Gasteiger partial charge in [-0.2, -0.15) is 0 Å². The smallest absolute Gasteiger partial charge is 0.315 e. The Balaban J connectivity index is 2.82. The second kappa shape index (κ2) is 5.13. The van der Waals surface area contributed by atoms with Crippen molar-refractivity contribution in [1.82, 2.24) is 0 Å². The molecule has 0 fully saturated rings. The molecule has 1 aromatic rings. The lowest BCUT2D eigenvalue weighted by Gasteiger charge is -1.98. The van der Waals surface area contributed by atoms with Crippen molar-refractivity contribution in [3.05, 3.63) is 35.1 Å². The lowest BCUT2D eigenvalue weighted by atomic mass is 10.1. The Labute approximate surface area is 86.2 Å². The molecule has 0 saturated heterocycles. The van der Waals surface area contributed by atoms with E-state index in [1.165, 1.54) is 18.2 Å². The summed E-state index contributed by atoms with van der Waals surface area (Å²) in [5, 5.41) is 17.0. The Morgan fingerprint density at radius 2 is 2.20 bits per heavy atom. The molecule has 1 rings (SSSR count). The Hall–Kier alpha value is -1.86. The van der Waals surface area contributed by atoms with Crippen LogP contribution in [0.5, 0.6) is 0 Å². The largest absolute Gasteiger partial charge is 0.481 e. The van der Waals surface area contributed by atoms with Crippen LogP contribution < -0.4 is 0 Å². The predicted octanol–water partition coefficient (Wildman–Crippen LogP) is 1.14. The summed E-state index contributed by atoms with van der Waals surface area (Å²) in [6.45, 7) is -0.366. The van der Waals surface area contributed by atoms with Crippen LogP contribution in [0.2, 0.25) is 0 Å². The van der Waals surface area contributed by atoms with Crippen LogP contribution in [0.1, 0.15) is 17.5 Å². The zero-order valence-electron chi connectivity index (χ0n) is 7.83. The first-order valence-electron chi connectivity index (χ1n) is 4.23. The number of hydrogen-bond donors (Lipinski definition) is 2. The fourth-order valence-electron chi connectivity index (χ4n) is 0.975. The molecule has 0 bridgehead atoms. The fraction of sp³-hybridized carbons (Fsp3) is 0.182. The van der Waals surface area contributed by atoms with Crippen LogP contribution in [0.15, 0.2) is 18.2 Å². The van der Waals surface area contributed by atoms with Gasteiger partial charge < -0.3 is 10.2 Å². The highest BCUT2D eigenvalue weighted by Crippen LogP contribution is 2.09. The summed E-state index contributed by atoms with van der Waals surface area (Å²) >= 11 is 0. The third-order valence-corrected chi connectivity index (χ3v) is 1.70. The van der Waals surface area contributed by atoms with Gasteiger partial charge in [0.15, 0.2) is 0 Å². The highest BCUT2D eigenvalue weighted by molar-refractivity contribution is 5.70. The monoisotopic (exact) mass is 208 g/mol. The first-order valence-corrected chi connectivity index (χ1v) is 4.23. The second-order valence-electron chi connectivity index (χ2n) is 2.84. The lowest BCUT2D eigenvalue weighted by molar-refractivity contribution is -0.135. The van der Waals surface area contributed by atoms with E-state index in [0.717, 1.165) is 0 Å². The molecule has 0 aromatic heterocycles. The maximum absolute atomic E-state index is 13.1. The van der Waals surface area contributed by atoms with E-state index >= 15 is 0 Å². The van der Waals surface area contributed by atoms with Crippen molar-refractivity contribution in [2.24, 2.45) is 0 Å². The van der Waals surface area contributed by atoms with E-state index < -0.39 is 11.8 Å². The van der Waals surface area contributed by atoms with Crippen LogP contribution in [0.4, 0.5) is 4.39 Å². The van der Waals surface area contributed by atoms with Gasteiger partial charge in [-0.15, -0.1) is 0 Å². The minimum absolute atomic E-state index is 0.193. The zero-order valence-corrected chi connectivity index (χ0v) is 7.83. The fourth-order valence-corrected chi connectivity index (χ4v) is 0.975. The first kappa shape index (κ1) is 11.2. The van der Waals surface area contributed by atoms with Crippen molar-refractivity contribution in [3.8, 4) is 11.8 Å². The molecule has 0 atom stereocenters. The maximum atomic E-state index is 13.1. The topological polar surface area (TPSA) is 57.5 Å². The van der Waals surface area contributed by atoms with Gasteiger partial charge in [-0.05, 0) is 12.1 Å². The molecular formula is C11H9FO3. The lowest BCUT2D eigenvalue weighted by Crippen LogP contribution is -1.91. The van der Waals surface area contributed by atoms with Crippen LogP contribution >= 0.6 is 0 Å². The molecule has 0 aliphatic carbocycles. The van der Waals surface area contributed by atoms with Crippen molar-refractivity contribution >= 4 is 5.97 Å². The zero-order chi connectivity index (χ0) is 11.3. The van der Waals surface area contributed by atoms with Gasteiger partial charge in [0.2, 0.25) is 0 Å². The molecule has 0 amide bonds. The average Bonchev–Trinajstić information content (AvgIpc) is 2.17. The number of rotatable bonds is 2. The van der Waals surface area contributed by atoms with Crippen LogP contribution in [-0.2, 0) is 11.4 Å². The van der Waals surface area contributed by atoms with Crippen molar-refractivity contribution in [1.29, 1.82) is 0 Å². The number of aliphatic hydroxyl groups is 1. The summed E-state index contributed by atoms with van der Waals surface area (Å²) < 4.78 is 13.1. The molecular weight excluding hydrogens is 199 g/mol. The number of halogens is 1. The number of carbonyl (C=O) groups is 1. The number of hydrogen-bond acceptors (Lipinski definition) is 2. The van der Waals surface area contributed by atoms with E-state index in [1.807, 2.05) is 0 Å². The molecule has 4 heteroatoms. The van der Waals surface area contributed by atoms with Crippen molar-refractivity contribution < 1.29 is 19.4 Å². The Morgan fingerprint density at radius 3 is 2.73 bits per heavy atom. The van der Waals surface area contributed by atoms with Gasteiger partial charge in [0.1, 0.15) is 12.2 Å². The molecule has 0 radical (unpaired) electrons. The second-order valence-corrected chi connectivity index (χ2v) is 2.84. The van der Waals surface area contributed by atoms with E-state index in [4.69, 9.17) is 10.2 Å². The quantitative estimate of drug-likeness (QED) is 0.716. The van der Waals surface area contributed by atoms with Crippen molar-refractivity contribution in [3.63, 3.8) is 0 Å². The van der Waals surface area contributed by atoms with Gasteiger partial charge >= 0.3 is 5.97 Å². The van der Waals surface area contributed by atoms with Crippen molar-refractivity contribution in [2.45, 2.75) is 13.0 Å². The number of carboxylic acid groups (broad SMARTS) is 1. The molecule has 1 aromatic carbocycles. The first-order chi connectivity index (χ1) is 7.13. The van der Waals surface area contributed by atoms with E-state index in [0.29, 0.717) is 5.56 Å². The van der Waals surface area contributed by atoms with Crippen LogP contribution in [0.25, 0.3) is 0 Å². The van der Waals surface area contributed by atoms with E-state index in [2.05, 4.69) is 11.8 Å². The van der Waals surface area contributed by atoms with Gasteiger partial charge in [0.25, 0.3) is 0 Å². The standard InChI is InChI=1S/C11H9FO3/c12-10-6-8(2-1-3-11(14)15)4-5-9(10)7-13/h4-6,13H,3,7H2,(H,14,15). The maximum Gasteiger partial charge on any atom is 0.315 e. The van der Waals surface area contributed by atoms with E-state index in [-0.39, 0.29) is 18.6 Å². The molecule has 0 spiro atoms. The van der Waals surface area contributed by atoms with Gasteiger partial charge in [0, 0.05) is 11.1 Å². The summed E-state index contributed by atoms with van der Waals surface area (Å²) in [7, 11) is 0. The van der Waals surface area contributed by atoms with Gasteiger partial charge in [-0.3, -0.25) is 4.79 Å². The molecule has 2 N–H and O–H groups in total.